The van der Waals surface area contributed by atoms with Crippen molar-refractivity contribution in [1.82, 2.24) is 14.5 Å². The number of aromatic nitrogens is 3. The van der Waals surface area contributed by atoms with Crippen molar-refractivity contribution in [2.75, 3.05) is 7.11 Å². The maximum atomic E-state index is 6.00. The second-order valence-corrected chi connectivity index (χ2v) is 5.30. The molecule has 2 aromatic heterocycles. The summed E-state index contributed by atoms with van der Waals surface area (Å²) in [5, 5.41) is 0.564. The Morgan fingerprint density at radius 2 is 2.14 bits per heavy atom. The standard InChI is InChI=1S/C15H13Cl2N3O/c1-21-12-4-2-3-10(5-12)9-20-14(7-16)19-13-6-11(17)8-18-15(13)20/h2-6,8H,7,9H2,1H3. The number of alkyl halides is 1. The Hall–Kier alpha value is -1.78. The number of benzene rings is 1. The largest absolute Gasteiger partial charge is 0.497 e. The van der Waals surface area contributed by atoms with Gasteiger partial charge in [0.05, 0.1) is 24.6 Å². The van der Waals surface area contributed by atoms with Crippen molar-refractivity contribution in [2.45, 2.75) is 12.4 Å². The van der Waals surface area contributed by atoms with E-state index in [1.807, 2.05) is 28.8 Å². The lowest BCUT2D eigenvalue weighted by molar-refractivity contribution is 0.414. The summed E-state index contributed by atoms with van der Waals surface area (Å²) in [5.41, 5.74) is 2.62. The number of nitrogens with zero attached hydrogens (tertiary/aromatic N) is 3. The van der Waals surface area contributed by atoms with Gasteiger partial charge in [0, 0.05) is 6.20 Å². The molecule has 1 aromatic carbocycles. The maximum Gasteiger partial charge on any atom is 0.160 e. The fraction of sp³-hybridized carbons (Fsp3) is 0.200. The summed E-state index contributed by atoms with van der Waals surface area (Å²) in [6, 6.07) is 9.68. The van der Waals surface area contributed by atoms with Gasteiger partial charge in [0.2, 0.25) is 0 Å². The minimum Gasteiger partial charge on any atom is -0.497 e. The molecule has 3 aromatic rings. The van der Waals surface area contributed by atoms with Gasteiger partial charge in [0.25, 0.3) is 0 Å². The number of imidazole rings is 1. The zero-order valence-electron chi connectivity index (χ0n) is 11.4. The summed E-state index contributed by atoms with van der Waals surface area (Å²) in [6.07, 6.45) is 1.62. The first-order valence-corrected chi connectivity index (χ1v) is 7.32. The molecule has 2 heterocycles. The van der Waals surface area contributed by atoms with Gasteiger partial charge in [-0.3, -0.25) is 0 Å². The molecular weight excluding hydrogens is 309 g/mol. The third kappa shape index (κ3) is 2.82. The van der Waals surface area contributed by atoms with E-state index in [9.17, 15) is 0 Å². The van der Waals surface area contributed by atoms with E-state index in [4.69, 9.17) is 27.9 Å². The minimum absolute atomic E-state index is 0.317. The van der Waals surface area contributed by atoms with Gasteiger partial charge < -0.3 is 9.30 Å². The van der Waals surface area contributed by atoms with Crippen LogP contribution in [0.2, 0.25) is 5.02 Å². The SMILES string of the molecule is COc1cccc(Cn2c(CCl)nc3cc(Cl)cnc32)c1. The molecule has 4 nitrogen and oxygen atoms in total. The van der Waals surface area contributed by atoms with Crippen molar-refractivity contribution in [3.63, 3.8) is 0 Å². The number of hydrogen-bond acceptors (Lipinski definition) is 3. The Balaban J connectivity index is 2.06. The second kappa shape index (κ2) is 5.92. The predicted molar refractivity (Wildman–Crippen MR) is 84.2 cm³/mol. The van der Waals surface area contributed by atoms with E-state index in [1.54, 1.807) is 19.4 Å². The van der Waals surface area contributed by atoms with Gasteiger partial charge in [0.1, 0.15) is 17.1 Å². The number of halogens is 2. The monoisotopic (exact) mass is 321 g/mol. The first kappa shape index (κ1) is 14.2. The highest BCUT2D eigenvalue weighted by Gasteiger charge is 2.12. The summed E-state index contributed by atoms with van der Waals surface area (Å²) in [6.45, 7) is 0.629. The Morgan fingerprint density at radius 1 is 1.29 bits per heavy atom. The average Bonchev–Trinajstić information content (AvgIpc) is 2.84. The molecule has 0 aliphatic carbocycles. The molecule has 0 amide bonds. The van der Waals surface area contributed by atoms with E-state index in [-0.39, 0.29) is 0 Å². The van der Waals surface area contributed by atoms with Crippen molar-refractivity contribution in [2.24, 2.45) is 0 Å². The highest BCUT2D eigenvalue weighted by Crippen LogP contribution is 2.21. The normalized spacial score (nSPS) is 11.0. The summed E-state index contributed by atoms with van der Waals surface area (Å²) < 4.78 is 7.24. The van der Waals surface area contributed by atoms with Crippen LogP contribution >= 0.6 is 23.2 Å². The van der Waals surface area contributed by atoms with Crippen LogP contribution in [0.15, 0.2) is 36.5 Å². The van der Waals surface area contributed by atoms with E-state index in [0.29, 0.717) is 17.4 Å². The molecule has 0 bridgehead atoms. The highest BCUT2D eigenvalue weighted by molar-refractivity contribution is 6.31. The molecule has 0 saturated heterocycles. The molecule has 108 valence electrons. The Labute approximate surface area is 132 Å². The van der Waals surface area contributed by atoms with Crippen LogP contribution in [0.3, 0.4) is 0 Å². The molecule has 6 heteroatoms. The van der Waals surface area contributed by atoms with Gasteiger partial charge in [-0.05, 0) is 23.8 Å². The van der Waals surface area contributed by atoms with Gasteiger partial charge in [-0.2, -0.15) is 0 Å². The Morgan fingerprint density at radius 3 is 2.90 bits per heavy atom. The smallest absolute Gasteiger partial charge is 0.160 e. The number of ether oxygens (including phenoxy) is 1. The number of rotatable bonds is 4. The van der Waals surface area contributed by atoms with Gasteiger partial charge in [-0.15, -0.1) is 11.6 Å². The zero-order chi connectivity index (χ0) is 14.8. The fourth-order valence-electron chi connectivity index (χ4n) is 2.25. The molecule has 3 rings (SSSR count). The lowest BCUT2D eigenvalue weighted by atomic mass is 10.2. The van der Waals surface area contributed by atoms with Crippen LogP contribution in [0.5, 0.6) is 5.75 Å². The van der Waals surface area contributed by atoms with Crippen molar-refractivity contribution >= 4 is 34.4 Å². The number of pyridine rings is 1. The van der Waals surface area contributed by atoms with E-state index in [2.05, 4.69) is 9.97 Å². The molecule has 0 radical (unpaired) electrons. The Kier molecular flexibility index (Phi) is 3.99. The fourth-order valence-corrected chi connectivity index (χ4v) is 2.61. The number of methoxy groups -OCH3 is 1. The van der Waals surface area contributed by atoms with Crippen LogP contribution in [0, 0.1) is 0 Å². The predicted octanol–water partition coefficient (Wildman–Crippen LogP) is 3.88. The van der Waals surface area contributed by atoms with E-state index >= 15 is 0 Å². The first-order valence-electron chi connectivity index (χ1n) is 6.41. The van der Waals surface area contributed by atoms with Crippen LogP contribution < -0.4 is 4.74 Å². The molecule has 0 N–H and O–H groups in total. The van der Waals surface area contributed by atoms with Crippen molar-refractivity contribution in [1.29, 1.82) is 0 Å². The lowest BCUT2D eigenvalue weighted by Gasteiger charge is -2.08. The Bertz CT molecular complexity index is 786. The topological polar surface area (TPSA) is 39.9 Å². The third-order valence-corrected chi connectivity index (χ3v) is 3.67. The molecule has 0 aliphatic rings. The van der Waals surface area contributed by atoms with Gasteiger partial charge in [-0.1, -0.05) is 23.7 Å². The van der Waals surface area contributed by atoms with Crippen LogP contribution in [-0.2, 0) is 12.4 Å². The lowest BCUT2D eigenvalue weighted by Crippen LogP contribution is -2.04. The summed E-state index contributed by atoms with van der Waals surface area (Å²) in [4.78, 5) is 8.85. The van der Waals surface area contributed by atoms with Crippen LogP contribution in [-0.4, -0.2) is 21.6 Å². The first-order chi connectivity index (χ1) is 10.2. The second-order valence-electron chi connectivity index (χ2n) is 4.60. The van der Waals surface area contributed by atoms with E-state index in [0.717, 1.165) is 28.3 Å². The van der Waals surface area contributed by atoms with E-state index in [1.165, 1.54) is 0 Å². The van der Waals surface area contributed by atoms with Crippen LogP contribution in [0.1, 0.15) is 11.4 Å². The summed E-state index contributed by atoms with van der Waals surface area (Å²) in [5.74, 6) is 1.91. The van der Waals surface area contributed by atoms with Crippen molar-refractivity contribution < 1.29 is 4.74 Å². The molecule has 0 saturated carbocycles. The maximum absolute atomic E-state index is 6.00. The van der Waals surface area contributed by atoms with Gasteiger partial charge in [-0.25, -0.2) is 9.97 Å². The molecule has 0 aliphatic heterocycles. The van der Waals surface area contributed by atoms with Gasteiger partial charge >= 0.3 is 0 Å². The minimum atomic E-state index is 0.317. The van der Waals surface area contributed by atoms with Crippen molar-refractivity contribution in [3.05, 3.63) is 52.9 Å². The summed E-state index contributed by atoms with van der Waals surface area (Å²) in [7, 11) is 1.65. The number of hydrogen-bond donors (Lipinski definition) is 0. The van der Waals surface area contributed by atoms with Crippen LogP contribution in [0.4, 0.5) is 0 Å². The van der Waals surface area contributed by atoms with E-state index < -0.39 is 0 Å². The molecule has 0 atom stereocenters. The summed E-state index contributed by atoms with van der Waals surface area (Å²) >= 11 is 12.0. The highest BCUT2D eigenvalue weighted by atomic mass is 35.5. The third-order valence-electron chi connectivity index (χ3n) is 3.22. The van der Waals surface area contributed by atoms with Gasteiger partial charge in [0.15, 0.2) is 5.65 Å². The average molecular weight is 322 g/mol. The molecule has 21 heavy (non-hydrogen) atoms. The zero-order valence-corrected chi connectivity index (χ0v) is 12.9. The van der Waals surface area contributed by atoms with Crippen LogP contribution in [0.25, 0.3) is 11.2 Å². The number of fused-ring (bicyclic) bond motifs is 1. The van der Waals surface area contributed by atoms with Crippen molar-refractivity contribution in [3.8, 4) is 5.75 Å². The molecule has 0 unspecified atom stereocenters. The molecule has 0 fully saturated rings. The molecule has 0 spiro atoms. The molecular formula is C15H13Cl2N3O. The quantitative estimate of drug-likeness (QED) is 0.684.